The first-order chi connectivity index (χ1) is 15.8. The highest BCUT2D eigenvalue weighted by atomic mass is 32.2. The molecule has 1 aliphatic carbocycles. The molecule has 0 bridgehead atoms. The molecule has 0 spiro atoms. The van der Waals surface area contributed by atoms with Crippen molar-refractivity contribution in [2.45, 2.75) is 47.0 Å². The summed E-state index contributed by atoms with van der Waals surface area (Å²) in [6.45, 7) is 0. The van der Waals surface area contributed by atoms with Crippen molar-refractivity contribution in [3.8, 4) is 5.69 Å². The molecule has 0 saturated heterocycles. The van der Waals surface area contributed by atoms with Gasteiger partial charge in [0.25, 0.3) is 0 Å². The van der Waals surface area contributed by atoms with Crippen LogP contribution >= 0.6 is 34.9 Å². The molecule has 2 aromatic heterocycles. The number of nitrogens with one attached hydrogen (secondary N) is 1. The van der Waals surface area contributed by atoms with Gasteiger partial charge in [-0.2, -0.15) is 0 Å². The number of amides is 1. The molecular weight excluding hydrogens is 458 g/mol. The van der Waals surface area contributed by atoms with E-state index in [1.54, 1.807) is 23.1 Å². The lowest BCUT2D eigenvalue weighted by atomic mass is 10.2. The van der Waals surface area contributed by atoms with Crippen LogP contribution in [0.4, 0.5) is 0 Å². The second-order valence-electron chi connectivity index (χ2n) is 7.64. The maximum Gasteiger partial charge on any atom is 0.230 e. The number of para-hydroxylation sites is 2. The van der Waals surface area contributed by atoms with Crippen LogP contribution in [0.5, 0.6) is 0 Å². The molecule has 5 rings (SSSR count). The van der Waals surface area contributed by atoms with Crippen molar-refractivity contribution in [2.24, 2.45) is 0 Å². The molecule has 1 fully saturated rings. The Bertz CT molecular complexity index is 1170. The minimum Gasteiger partial charge on any atom is -0.353 e. The van der Waals surface area contributed by atoms with Gasteiger partial charge >= 0.3 is 0 Å². The molecule has 1 saturated carbocycles. The summed E-state index contributed by atoms with van der Waals surface area (Å²) in [6.07, 6.45) is 4.58. The molecule has 6 nitrogen and oxygen atoms in total. The molecule has 0 radical (unpaired) electrons. The standard InChI is InChI=1S/C23H23N5OS3/c29-21(24-16-8-4-5-9-16)15-30-22-27-26-20(28(22)17-10-2-1-3-11-17)14-31-23-25-18-12-6-7-13-19(18)32-23/h1-3,6-7,10-13,16H,4-5,8-9,14-15H2,(H,24,29). The van der Waals surface area contributed by atoms with Gasteiger partial charge in [0, 0.05) is 11.7 Å². The summed E-state index contributed by atoms with van der Waals surface area (Å²) < 4.78 is 4.25. The number of thiazole rings is 1. The molecule has 9 heteroatoms. The van der Waals surface area contributed by atoms with Crippen molar-refractivity contribution in [1.29, 1.82) is 0 Å². The molecule has 2 heterocycles. The van der Waals surface area contributed by atoms with Crippen molar-refractivity contribution in [1.82, 2.24) is 25.1 Å². The summed E-state index contributed by atoms with van der Waals surface area (Å²) in [4.78, 5) is 17.1. The van der Waals surface area contributed by atoms with Gasteiger partial charge in [0.05, 0.1) is 21.7 Å². The van der Waals surface area contributed by atoms with E-state index >= 15 is 0 Å². The zero-order chi connectivity index (χ0) is 21.8. The minimum atomic E-state index is 0.0647. The first-order valence-corrected chi connectivity index (χ1v) is 13.5. The summed E-state index contributed by atoms with van der Waals surface area (Å²) >= 11 is 4.79. The van der Waals surface area contributed by atoms with Crippen LogP contribution in [0.3, 0.4) is 0 Å². The number of benzene rings is 2. The first-order valence-electron chi connectivity index (χ1n) is 10.7. The van der Waals surface area contributed by atoms with Gasteiger partial charge in [-0.1, -0.05) is 66.7 Å². The minimum absolute atomic E-state index is 0.0647. The molecular formula is C23H23N5OS3. The van der Waals surface area contributed by atoms with Gasteiger partial charge in [-0.05, 0) is 37.1 Å². The maximum absolute atomic E-state index is 12.4. The van der Waals surface area contributed by atoms with E-state index in [2.05, 4.69) is 21.6 Å². The smallest absolute Gasteiger partial charge is 0.230 e. The van der Waals surface area contributed by atoms with Gasteiger partial charge in [-0.15, -0.1) is 21.5 Å². The van der Waals surface area contributed by atoms with Crippen LogP contribution in [0.2, 0.25) is 0 Å². The number of aromatic nitrogens is 4. The fourth-order valence-electron chi connectivity index (χ4n) is 3.83. The quantitative estimate of drug-likeness (QED) is 0.343. The topological polar surface area (TPSA) is 72.7 Å². The second-order valence-corrected chi connectivity index (χ2v) is 10.8. The Hall–Kier alpha value is -2.36. The summed E-state index contributed by atoms with van der Waals surface area (Å²) in [5, 5.41) is 12.8. The number of carbonyl (C=O) groups excluding carboxylic acids is 1. The van der Waals surface area contributed by atoms with Crippen molar-refractivity contribution in [3.05, 3.63) is 60.4 Å². The number of rotatable bonds is 8. The Kier molecular flexibility index (Phi) is 6.75. The Morgan fingerprint density at radius 2 is 1.81 bits per heavy atom. The van der Waals surface area contributed by atoms with E-state index in [9.17, 15) is 4.79 Å². The molecule has 0 atom stereocenters. The molecule has 1 N–H and O–H groups in total. The highest BCUT2D eigenvalue weighted by molar-refractivity contribution is 8.00. The SMILES string of the molecule is O=C(CSc1nnc(CSc2nc3ccccc3s2)n1-c1ccccc1)NC1CCCC1. The highest BCUT2D eigenvalue weighted by Crippen LogP contribution is 2.32. The lowest BCUT2D eigenvalue weighted by Crippen LogP contribution is -2.33. The third-order valence-corrected chi connectivity index (χ3v) is 8.47. The average Bonchev–Trinajstić information content (AvgIpc) is 3.56. The number of fused-ring (bicyclic) bond motifs is 1. The van der Waals surface area contributed by atoms with E-state index < -0.39 is 0 Å². The Labute approximate surface area is 199 Å². The zero-order valence-electron chi connectivity index (χ0n) is 17.4. The summed E-state index contributed by atoms with van der Waals surface area (Å²) in [5.74, 6) is 1.90. The molecule has 0 aliphatic heterocycles. The van der Waals surface area contributed by atoms with Gasteiger partial charge in [0.1, 0.15) is 5.82 Å². The monoisotopic (exact) mass is 481 g/mol. The lowest BCUT2D eigenvalue weighted by molar-refractivity contribution is -0.119. The number of thioether (sulfide) groups is 2. The lowest BCUT2D eigenvalue weighted by Gasteiger charge is -2.12. The number of nitrogens with zero attached hydrogens (tertiary/aromatic N) is 4. The molecule has 1 aliphatic rings. The van der Waals surface area contributed by atoms with Crippen molar-refractivity contribution in [3.63, 3.8) is 0 Å². The molecule has 1 amide bonds. The van der Waals surface area contributed by atoms with Crippen molar-refractivity contribution < 1.29 is 4.79 Å². The van der Waals surface area contributed by atoms with Gasteiger partial charge in [0.15, 0.2) is 9.50 Å². The first kappa shape index (κ1) is 21.5. The van der Waals surface area contributed by atoms with Gasteiger partial charge in [0.2, 0.25) is 5.91 Å². The van der Waals surface area contributed by atoms with E-state index in [0.717, 1.165) is 39.4 Å². The van der Waals surface area contributed by atoms with E-state index in [1.165, 1.54) is 29.3 Å². The van der Waals surface area contributed by atoms with Crippen LogP contribution in [-0.4, -0.2) is 37.5 Å². The van der Waals surface area contributed by atoms with Gasteiger partial charge < -0.3 is 5.32 Å². The Balaban J connectivity index is 1.31. The molecule has 0 unspecified atom stereocenters. The maximum atomic E-state index is 12.4. The van der Waals surface area contributed by atoms with Gasteiger partial charge in [-0.25, -0.2) is 4.98 Å². The average molecular weight is 482 g/mol. The van der Waals surface area contributed by atoms with E-state index in [1.807, 2.05) is 53.1 Å². The highest BCUT2D eigenvalue weighted by Gasteiger charge is 2.20. The number of hydrogen-bond donors (Lipinski definition) is 1. The predicted octanol–water partition coefficient (Wildman–Crippen LogP) is 5.32. The van der Waals surface area contributed by atoms with E-state index in [0.29, 0.717) is 17.5 Å². The largest absolute Gasteiger partial charge is 0.353 e. The number of hydrogen-bond acceptors (Lipinski definition) is 7. The number of carbonyl (C=O) groups is 1. The zero-order valence-corrected chi connectivity index (χ0v) is 19.9. The third-order valence-electron chi connectivity index (χ3n) is 5.37. The summed E-state index contributed by atoms with van der Waals surface area (Å²) in [5.41, 5.74) is 2.02. The predicted molar refractivity (Wildman–Crippen MR) is 132 cm³/mol. The van der Waals surface area contributed by atoms with Crippen molar-refractivity contribution in [2.75, 3.05) is 5.75 Å². The molecule has 4 aromatic rings. The van der Waals surface area contributed by atoms with Crippen molar-refractivity contribution >= 4 is 51.0 Å². The Morgan fingerprint density at radius 1 is 1.03 bits per heavy atom. The Morgan fingerprint density at radius 3 is 2.62 bits per heavy atom. The summed E-state index contributed by atoms with van der Waals surface area (Å²) in [7, 11) is 0. The normalized spacial score (nSPS) is 14.2. The van der Waals surface area contributed by atoms with Crippen LogP contribution in [0.25, 0.3) is 15.9 Å². The van der Waals surface area contributed by atoms with Crippen LogP contribution in [0.15, 0.2) is 64.1 Å². The fourth-order valence-corrected chi connectivity index (χ4v) is 6.60. The van der Waals surface area contributed by atoms with E-state index in [4.69, 9.17) is 4.98 Å². The fraction of sp³-hybridized carbons (Fsp3) is 0.304. The van der Waals surface area contributed by atoms with Crippen LogP contribution in [0.1, 0.15) is 31.5 Å². The summed E-state index contributed by atoms with van der Waals surface area (Å²) in [6, 6.07) is 18.6. The molecule has 164 valence electrons. The third kappa shape index (κ3) is 5.00. The van der Waals surface area contributed by atoms with E-state index in [-0.39, 0.29) is 5.91 Å². The molecule has 2 aromatic carbocycles. The van der Waals surface area contributed by atoms with Crippen LogP contribution in [0, 0.1) is 0 Å². The molecule has 32 heavy (non-hydrogen) atoms. The van der Waals surface area contributed by atoms with Crippen LogP contribution < -0.4 is 5.32 Å². The second kappa shape index (κ2) is 10.1. The van der Waals surface area contributed by atoms with Gasteiger partial charge in [-0.3, -0.25) is 9.36 Å². The van der Waals surface area contributed by atoms with Crippen LogP contribution in [-0.2, 0) is 10.5 Å².